The summed E-state index contributed by atoms with van der Waals surface area (Å²) in [5.41, 5.74) is 6.34. The second-order valence-corrected chi connectivity index (χ2v) is 5.66. The fourth-order valence-corrected chi connectivity index (χ4v) is 2.93. The van der Waals surface area contributed by atoms with Gasteiger partial charge in [-0.05, 0) is 43.9 Å². The van der Waals surface area contributed by atoms with Crippen molar-refractivity contribution in [3.63, 3.8) is 0 Å². The van der Waals surface area contributed by atoms with Crippen LogP contribution in [0.1, 0.15) is 42.5 Å². The fraction of sp³-hybridized carbons (Fsp3) is 0.400. The van der Waals surface area contributed by atoms with Crippen LogP contribution in [0.25, 0.3) is 0 Å². The summed E-state index contributed by atoms with van der Waals surface area (Å²) in [6.45, 7) is 0. The Balaban J connectivity index is 1.79. The van der Waals surface area contributed by atoms with Gasteiger partial charge >= 0.3 is 5.97 Å². The van der Waals surface area contributed by atoms with Gasteiger partial charge in [0.1, 0.15) is 5.66 Å². The van der Waals surface area contributed by atoms with Gasteiger partial charge in [-0.2, -0.15) is 4.99 Å². The van der Waals surface area contributed by atoms with E-state index in [1.165, 1.54) is 6.42 Å². The van der Waals surface area contributed by atoms with Crippen LogP contribution in [0.4, 0.5) is 5.69 Å². The van der Waals surface area contributed by atoms with E-state index in [0.29, 0.717) is 11.6 Å². The Labute approximate surface area is 128 Å². The van der Waals surface area contributed by atoms with Gasteiger partial charge in [0, 0.05) is 5.69 Å². The maximum Gasteiger partial charge on any atom is 0.335 e. The van der Waals surface area contributed by atoms with Gasteiger partial charge in [-0.15, -0.1) is 0 Å². The number of nitrogens with zero attached hydrogens (tertiary/aromatic N) is 2. The molecule has 1 aliphatic heterocycles. The minimum absolute atomic E-state index is 0.218. The first kappa shape index (κ1) is 14.4. The maximum atomic E-state index is 11.0. The Bertz CT molecular complexity index is 647. The van der Waals surface area contributed by atoms with Crippen LogP contribution in [0, 0.1) is 0 Å². The van der Waals surface area contributed by atoms with Crippen LogP contribution in [0.2, 0.25) is 0 Å². The van der Waals surface area contributed by atoms with Crippen molar-refractivity contribution in [1.29, 1.82) is 0 Å². The van der Waals surface area contributed by atoms with Crippen molar-refractivity contribution in [3.05, 3.63) is 29.8 Å². The van der Waals surface area contributed by atoms with E-state index < -0.39 is 5.97 Å². The minimum atomic E-state index is -0.966. The van der Waals surface area contributed by atoms with Gasteiger partial charge < -0.3 is 21.5 Å². The Kier molecular flexibility index (Phi) is 3.70. The molecule has 3 rings (SSSR count). The average molecular weight is 301 g/mol. The van der Waals surface area contributed by atoms with Gasteiger partial charge in [0.15, 0.2) is 0 Å². The van der Waals surface area contributed by atoms with Crippen LogP contribution in [0.15, 0.2) is 34.3 Å². The van der Waals surface area contributed by atoms with Crippen molar-refractivity contribution in [2.24, 2.45) is 15.7 Å². The van der Waals surface area contributed by atoms with Crippen LogP contribution >= 0.6 is 0 Å². The van der Waals surface area contributed by atoms with Crippen molar-refractivity contribution < 1.29 is 9.90 Å². The molecule has 0 bridgehead atoms. The quantitative estimate of drug-likeness (QED) is 0.664. The molecule has 7 heteroatoms. The van der Waals surface area contributed by atoms with Crippen molar-refractivity contribution in [2.45, 2.75) is 37.8 Å². The summed E-state index contributed by atoms with van der Waals surface area (Å²) in [5, 5.41) is 15.5. The Morgan fingerprint density at radius 2 is 2.09 bits per heavy atom. The molecule has 0 radical (unpaired) electrons. The molecular weight excluding hydrogens is 282 g/mol. The lowest BCUT2D eigenvalue weighted by molar-refractivity contribution is 0.0697. The number of guanidine groups is 2. The molecule has 0 atom stereocenters. The predicted octanol–water partition coefficient (Wildman–Crippen LogP) is 1.73. The third kappa shape index (κ3) is 3.03. The number of rotatable bonds is 2. The number of hydrogen-bond donors (Lipinski definition) is 4. The molecule has 1 spiro atoms. The van der Waals surface area contributed by atoms with E-state index in [2.05, 4.69) is 20.6 Å². The molecule has 22 heavy (non-hydrogen) atoms. The highest BCUT2D eigenvalue weighted by Crippen LogP contribution is 2.30. The smallest absolute Gasteiger partial charge is 0.335 e. The lowest BCUT2D eigenvalue weighted by atomic mass is 9.89. The zero-order valence-corrected chi connectivity index (χ0v) is 12.2. The van der Waals surface area contributed by atoms with Crippen LogP contribution in [0.3, 0.4) is 0 Å². The number of carboxylic acid groups (broad SMARTS) is 1. The lowest BCUT2D eigenvalue weighted by Crippen LogP contribution is -2.54. The Morgan fingerprint density at radius 3 is 2.82 bits per heavy atom. The molecule has 0 aromatic heterocycles. The molecule has 1 heterocycles. The highest BCUT2D eigenvalue weighted by Gasteiger charge is 2.35. The van der Waals surface area contributed by atoms with E-state index in [-0.39, 0.29) is 17.2 Å². The van der Waals surface area contributed by atoms with Gasteiger partial charge in [-0.25, -0.2) is 9.79 Å². The number of aromatic carboxylic acids is 1. The number of nitrogens with two attached hydrogens (primary N) is 1. The molecule has 7 nitrogen and oxygen atoms in total. The number of carboxylic acids is 1. The van der Waals surface area contributed by atoms with Crippen LogP contribution < -0.4 is 16.4 Å². The zero-order chi connectivity index (χ0) is 15.6. The van der Waals surface area contributed by atoms with Crippen LogP contribution in [0.5, 0.6) is 0 Å². The molecule has 116 valence electrons. The third-order valence-corrected chi connectivity index (χ3v) is 3.96. The number of nitrogens with one attached hydrogen (secondary N) is 2. The summed E-state index contributed by atoms with van der Waals surface area (Å²) >= 11 is 0. The van der Waals surface area contributed by atoms with E-state index in [9.17, 15) is 4.79 Å². The summed E-state index contributed by atoms with van der Waals surface area (Å²) in [6.07, 6.45) is 5.25. The van der Waals surface area contributed by atoms with Crippen LogP contribution in [-0.4, -0.2) is 28.7 Å². The topological polar surface area (TPSA) is 112 Å². The number of carbonyl (C=O) groups is 1. The maximum absolute atomic E-state index is 11.0. The number of anilines is 1. The van der Waals surface area contributed by atoms with Gasteiger partial charge in [0.25, 0.3) is 0 Å². The molecule has 5 N–H and O–H groups in total. The minimum Gasteiger partial charge on any atom is -0.478 e. The third-order valence-electron chi connectivity index (χ3n) is 3.96. The molecule has 1 aromatic carbocycles. The second kappa shape index (κ2) is 5.67. The Hall–Kier alpha value is -2.57. The monoisotopic (exact) mass is 301 g/mol. The molecule has 1 saturated carbocycles. The number of hydrogen-bond acceptors (Lipinski definition) is 6. The second-order valence-electron chi connectivity index (χ2n) is 5.66. The summed E-state index contributed by atoms with van der Waals surface area (Å²) < 4.78 is 0. The summed E-state index contributed by atoms with van der Waals surface area (Å²) in [4.78, 5) is 19.7. The van der Waals surface area contributed by atoms with Gasteiger partial charge in [0.05, 0.1) is 5.56 Å². The molecule has 2 aliphatic rings. The van der Waals surface area contributed by atoms with Crippen molar-refractivity contribution in [2.75, 3.05) is 5.32 Å². The lowest BCUT2D eigenvalue weighted by Gasteiger charge is -2.37. The van der Waals surface area contributed by atoms with Crippen molar-refractivity contribution >= 4 is 23.6 Å². The van der Waals surface area contributed by atoms with Crippen LogP contribution in [-0.2, 0) is 0 Å². The first-order valence-corrected chi connectivity index (χ1v) is 7.39. The molecule has 1 fully saturated rings. The van der Waals surface area contributed by atoms with E-state index >= 15 is 0 Å². The predicted molar refractivity (Wildman–Crippen MR) is 85.0 cm³/mol. The first-order valence-electron chi connectivity index (χ1n) is 7.39. The standard InChI is InChI=1S/C15H19N5O2/c16-13-18-14(20-15(19-13)7-2-1-3-8-15)17-11-6-4-5-10(9-11)12(21)22/h4-6,9H,1-3,7-8H2,(H,21,22)(H4,16,17,18,19,20). The molecule has 0 amide bonds. The largest absolute Gasteiger partial charge is 0.478 e. The van der Waals surface area contributed by atoms with E-state index in [1.54, 1.807) is 24.3 Å². The van der Waals surface area contributed by atoms with Gasteiger partial charge in [0.2, 0.25) is 11.9 Å². The number of aliphatic imine (C=N–C) groups is 2. The Morgan fingerprint density at radius 1 is 1.32 bits per heavy atom. The normalized spacial score (nSPS) is 19.8. The molecule has 1 aliphatic carbocycles. The van der Waals surface area contributed by atoms with E-state index in [4.69, 9.17) is 10.8 Å². The highest BCUT2D eigenvalue weighted by molar-refractivity contribution is 6.04. The van der Waals surface area contributed by atoms with E-state index in [0.717, 1.165) is 25.7 Å². The first-order chi connectivity index (χ1) is 10.6. The van der Waals surface area contributed by atoms with Gasteiger partial charge in [-0.3, -0.25) is 0 Å². The van der Waals surface area contributed by atoms with E-state index in [1.807, 2.05) is 0 Å². The molecule has 1 aromatic rings. The van der Waals surface area contributed by atoms with Crippen molar-refractivity contribution in [1.82, 2.24) is 5.32 Å². The van der Waals surface area contributed by atoms with Crippen molar-refractivity contribution in [3.8, 4) is 0 Å². The average Bonchev–Trinajstić information content (AvgIpc) is 2.47. The summed E-state index contributed by atoms with van der Waals surface area (Å²) in [6, 6.07) is 6.57. The highest BCUT2D eigenvalue weighted by atomic mass is 16.4. The summed E-state index contributed by atoms with van der Waals surface area (Å²) in [7, 11) is 0. The number of benzene rings is 1. The summed E-state index contributed by atoms with van der Waals surface area (Å²) in [5.74, 6) is -0.207. The fourth-order valence-electron chi connectivity index (χ4n) is 2.93. The molecule has 0 saturated heterocycles. The molecule has 0 unspecified atom stereocenters. The SMILES string of the molecule is NC1=NC2(CCCCC2)NC(Nc2cccc(C(=O)O)c2)=N1. The zero-order valence-electron chi connectivity index (χ0n) is 12.2. The van der Waals surface area contributed by atoms with Gasteiger partial charge in [-0.1, -0.05) is 12.5 Å². The molecular formula is C15H19N5O2.